The Kier molecular flexibility index (Phi) is 6.47. The summed E-state index contributed by atoms with van der Waals surface area (Å²) in [4.78, 5) is 27.1. The first-order valence-corrected chi connectivity index (χ1v) is 12.9. The Morgan fingerprint density at radius 3 is 2.39 bits per heavy atom. The summed E-state index contributed by atoms with van der Waals surface area (Å²) < 4.78 is 39.5. The Bertz CT molecular complexity index is 1110. The number of carbonyl (C=O) groups excluding carboxylic acids is 1. The van der Waals surface area contributed by atoms with Crippen LogP contribution in [0.2, 0.25) is 0 Å². The SMILES string of the molecule is C[C@@H]1CCc2ncnc(N3CCN(C(=O)[C@@H](c4ccc(C(F)(F)F)cc4)C4CCC(C)(C)N4)CC3)c21. The molecule has 0 bridgehead atoms. The van der Waals surface area contributed by atoms with Crippen LogP contribution in [0.25, 0.3) is 0 Å². The van der Waals surface area contributed by atoms with Crippen LogP contribution in [-0.2, 0) is 17.4 Å². The molecule has 36 heavy (non-hydrogen) atoms. The molecule has 0 radical (unpaired) electrons. The lowest BCUT2D eigenvalue weighted by Crippen LogP contribution is -2.53. The van der Waals surface area contributed by atoms with E-state index in [-0.39, 0.29) is 17.5 Å². The zero-order valence-electron chi connectivity index (χ0n) is 21.1. The van der Waals surface area contributed by atoms with Gasteiger partial charge in [-0.15, -0.1) is 0 Å². The number of rotatable bonds is 4. The molecule has 0 saturated carbocycles. The third kappa shape index (κ3) is 4.82. The van der Waals surface area contributed by atoms with E-state index in [1.165, 1.54) is 17.7 Å². The standard InChI is InChI=1S/C27H34F3N5O/c1-17-4-9-20-22(17)24(32-16-31-20)34-12-14-35(15-13-34)25(36)23(21-10-11-26(2,3)33-21)18-5-7-19(8-6-18)27(28,29)30/h5-8,16-17,21,23,33H,4,9-15H2,1-3H3/t17-,21?,23+/m1/s1. The lowest BCUT2D eigenvalue weighted by molar-refractivity contribution is -0.137. The van der Waals surface area contributed by atoms with Crippen LogP contribution in [0.1, 0.15) is 74.3 Å². The van der Waals surface area contributed by atoms with Gasteiger partial charge in [-0.1, -0.05) is 19.1 Å². The molecule has 5 rings (SSSR count). The fourth-order valence-corrected chi connectivity index (χ4v) is 6.05. The first-order chi connectivity index (χ1) is 17.0. The summed E-state index contributed by atoms with van der Waals surface area (Å²) in [6, 6.07) is 5.00. The van der Waals surface area contributed by atoms with Crippen LogP contribution in [0.5, 0.6) is 0 Å². The summed E-state index contributed by atoms with van der Waals surface area (Å²) in [5, 5.41) is 3.56. The smallest absolute Gasteiger partial charge is 0.353 e. The average molecular weight is 502 g/mol. The number of carbonyl (C=O) groups is 1. The molecule has 9 heteroatoms. The Morgan fingerprint density at radius 1 is 1.08 bits per heavy atom. The van der Waals surface area contributed by atoms with Gasteiger partial charge in [0.15, 0.2) is 0 Å². The topological polar surface area (TPSA) is 61.4 Å². The van der Waals surface area contributed by atoms with Crippen molar-refractivity contribution in [2.24, 2.45) is 0 Å². The largest absolute Gasteiger partial charge is 0.416 e. The van der Waals surface area contributed by atoms with E-state index in [1.54, 1.807) is 6.33 Å². The number of fused-ring (bicyclic) bond motifs is 1. The van der Waals surface area contributed by atoms with Crippen molar-refractivity contribution >= 4 is 11.7 Å². The molecule has 2 aromatic rings. The van der Waals surface area contributed by atoms with Gasteiger partial charge in [-0.2, -0.15) is 13.2 Å². The van der Waals surface area contributed by atoms with Crippen molar-refractivity contribution in [2.75, 3.05) is 31.1 Å². The molecular weight excluding hydrogens is 467 g/mol. The first kappa shape index (κ1) is 25.0. The quantitative estimate of drug-likeness (QED) is 0.668. The van der Waals surface area contributed by atoms with Crippen molar-refractivity contribution in [3.8, 4) is 0 Å². The fourth-order valence-electron chi connectivity index (χ4n) is 6.05. The summed E-state index contributed by atoms with van der Waals surface area (Å²) in [5.41, 5.74) is 2.18. The number of nitrogens with zero attached hydrogens (tertiary/aromatic N) is 4. The molecule has 2 fully saturated rings. The minimum absolute atomic E-state index is 0.0223. The van der Waals surface area contributed by atoms with Crippen molar-refractivity contribution in [1.29, 1.82) is 0 Å². The zero-order chi connectivity index (χ0) is 25.7. The highest BCUT2D eigenvalue weighted by Crippen LogP contribution is 2.38. The maximum atomic E-state index is 13.9. The molecule has 0 spiro atoms. The number of benzene rings is 1. The van der Waals surface area contributed by atoms with E-state index < -0.39 is 17.7 Å². The van der Waals surface area contributed by atoms with Gasteiger partial charge in [-0.05, 0) is 63.1 Å². The Morgan fingerprint density at radius 2 is 1.78 bits per heavy atom. The maximum absolute atomic E-state index is 13.9. The van der Waals surface area contributed by atoms with E-state index in [9.17, 15) is 18.0 Å². The molecule has 1 unspecified atom stereocenters. The van der Waals surface area contributed by atoms with Crippen LogP contribution >= 0.6 is 0 Å². The van der Waals surface area contributed by atoms with E-state index >= 15 is 0 Å². The minimum atomic E-state index is -4.40. The molecule has 1 aliphatic carbocycles. The second-order valence-electron chi connectivity index (χ2n) is 11.1. The predicted octanol–water partition coefficient (Wildman–Crippen LogP) is 4.51. The van der Waals surface area contributed by atoms with Crippen LogP contribution in [-0.4, -0.2) is 58.5 Å². The number of aryl methyl sites for hydroxylation is 1. The zero-order valence-corrected chi connectivity index (χ0v) is 21.1. The lowest BCUT2D eigenvalue weighted by atomic mass is 9.88. The molecule has 1 amide bonds. The monoisotopic (exact) mass is 501 g/mol. The molecule has 194 valence electrons. The molecule has 3 heterocycles. The Hall–Kier alpha value is -2.68. The van der Waals surface area contributed by atoms with E-state index in [2.05, 4.69) is 41.0 Å². The number of aromatic nitrogens is 2. The van der Waals surface area contributed by atoms with E-state index in [0.717, 1.165) is 49.3 Å². The summed E-state index contributed by atoms with van der Waals surface area (Å²) in [7, 11) is 0. The number of amides is 1. The number of alkyl halides is 3. The number of hydrogen-bond acceptors (Lipinski definition) is 5. The van der Waals surface area contributed by atoms with Gasteiger partial charge in [0, 0.05) is 49.0 Å². The average Bonchev–Trinajstić information content (AvgIpc) is 3.40. The van der Waals surface area contributed by atoms with Crippen molar-refractivity contribution in [3.05, 3.63) is 53.0 Å². The summed E-state index contributed by atoms with van der Waals surface area (Å²) >= 11 is 0. The molecule has 1 aromatic heterocycles. The fraction of sp³-hybridized carbons (Fsp3) is 0.593. The number of hydrogen-bond donors (Lipinski definition) is 1. The summed E-state index contributed by atoms with van der Waals surface area (Å²) in [6.45, 7) is 8.86. The second kappa shape index (κ2) is 9.32. The molecule has 3 aliphatic rings. The van der Waals surface area contributed by atoms with Gasteiger partial charge in [0.2, 0.25) is 5.91 Å². The van der Waals surface area contributed by atoms with E-state index in [0.29, 0.717) is 37.7 Å². The normalized spacial score (nSPS) is 24.6. The predicted molar refractivity (Wildman–Crippen MR) is 132 cm³/mol. The number of halogens is 3. The van der Waals surface area contributed by atoms with Gasteiger partial charge in [0.25, 0.3) is 0 Å². The van der Waals surface area contributed by atoms with Crippen molar-refractivity contribution < 1.29 is 18.0 Å². The van der Waals surface area contributed by atoms with Crippen LogP contribution < -0.4 is 10.2 Å². The van der Waals surface area contributed by atoms with Crippen LogP contribution in [0.4, 0.5) is 19.0 Å². The van der Waals surface area contributed by atoms with Gasteiger partial charge in [0.1, 0.15) is 12.1 Å². The van der Waals surface area contributed by atoms with Crippen molar-refractivity contribution in [2.45, 2.75) is 76.0 Å². The minimum Gasteiger partial charge on any atom is -0.353 e. The molecule has 2 aliphatic heterocycles. The summed E-state index contributed by atoms with van der Waals surface area (Å²) in [6.07, 6.45) is 1.00. The number of nitrogens with one attached hydrogen (secondary N) is 1. The summed E-state index contributed by atoms with van der Waals surface area (Å²) in [5.74, 6) is 0.863. The first-order valence-electron chi connectivity index (χ1n) is 12.9. The lowest BCUT2D eigenvalue weighted by Gasteiger charge is -2.39. The van der Waals surface area contributed by atoms with Crippen molar-refractivity contribution in [1.82, 2.24) is 20.2 Å². The third-order valence-electron chi connectivity index (χ3n) is 8.07. The molecule has 3 atom stereocenters. The second-order valence-corrected chi connectivity index (χ2v) is 11.1. The van der Waals surface area contributed by atoms with Gasteiger partial charge in [-0.3, -0.25) is 4.79 Å². The molecule has 2 saturated heterocycles. The molecular formula is C27H34F3N5O. The van der Waals surface area contributed by atoms with Crippen molar-refractivity contribution in [3.63, 3.8) is 0 Å². The van der Waals surface area contributed by atoms with E-state index in [4.69, 9.17) is 0 Å². The highest BCUT2D eigenvalue weighted by atomic mass is 19.4. The van der Waals surface area contributed by atoms with E-state index in [1.807, 2.05) is 4.90 Å². The highest BCUT2D eigenvalue weighted by Gasteiger charge is 2.41. The maximum Gasteiger partial charge on any atom is 0.416 e. The third-order valence-corrected chi connectivity index (χ3v) is 8.07. The van der Waals surface area contributed by atoms with Crippen LogP contribution in [0, 0.1) is 0 Å². The highest BCUT2D eigenvalue weighted by molar-refractivity contribution is 5.85. The van der Waals surface area contributed by atoms with Gasteiger partial charge in [-0.25, -0.2) is 9.97 Å². The van der Waals surface area contributed by atoms with Gasteiger partial charge >= 0.3 is 6.18 Å². The van der Waals surface area contributed by atoms with Gasteiger partial charge < -0.3 is 15.1 Å². The Balaban J connectivity index is 1.35. The van der Waals surface area contributed by atoms with Crippen LogP contribution in [0.15, 0.2) is 30.6 Å². The molecule has 1 aromatic carbocycles. The molecule has 1 N–H and O–H groups in total. The van der Waals surface area contributed by atoms with Crippen LogP contribution in [0.3, 0.4) is 0 Å². The van der Waals surface area contributed by atoms with Gasteiger partial charge in [0.05, 0.1) is 11.5 Å². The molecule has 6 nitrogen and oxygen atoms in total. The number of piperazine rings is 1. The number of anilines is 1. The Labute approximate surface area is 210 Å².